The van der Waals surface area contributed by atoms with Gasteiger partial charge in [-0.15, -0.1) is 0 Å². The van der Waals surface area contributed by atoms with Gasteiger partial charge in [0.15, 0.2) is 0 Å². The van der Waals surface area contributed by atoms with Crippen LogP contribution in [0.1, 0.15) is 38.4 Å². The third kappa shape index (κ3) is 5.95. The second-order valence-corrected chi connectivity index (χ2v) is 12.3. The number of aromatic nitrogens is 2. The summed E-state index contributed by atoms with van der Waals surface area (Å²) in [5.74, 6) is 3.41. The van der Waals surface area contributed by atoms with Crippen molar-refractivity contribution in [2.45, 2.75) is 43.9 Å². The fourth-order valence-corrected chi connectivity index (χ4v) is 7.07. The summed E-state index contributed by atoms with van der Waals surface area (Å²) >= 11 is 0. The lowest BCUT2D eigenvalue weighted by molar-refractivity contribution is 0.189. The van der Waals surface area contributed by atoms with E-state index >= 15 is 0 Å². The summed E-state index contributed by atoms with van der Waals surface area (Å²) in [7, 11) is -1.93. The fraction of sp³-hybridized carbons (Fsp3) is 0.517. The Bertz CT molecular complexity index is 1320. The molecule has 3 aromatic rings. The van der Waals surface area contributed by atoms with Crippen LogP contribution in [0.15, 0.2) is 53.4 Å². The highest BCUT2D eigenvalue weighted by Gasteiger charge is 2.29. The molecule has 2 aliphatic heterocycles. The van der Waals surface area contributed by atoms with Gasteiger partial charge in [-0.25, -0.2) is 18.4 Å². The van der Waals surface area contributed by atoms with E-state index in [9.17, 15) is 8.42 Å². The van der Waals surface area contributed by atoms with Crippen LogP contribution in [0, 0.1) is 5.92 Å². The van der Waals surface area contributed by atoms with Gasteiger partial charge in [-0.2, -0.15) is 4.31 Å². The molecule has 0 atom stereocenters. The molecule has 0 saturated carbocycles. The zero-order valence-electron chi connectivity index (χ0n) is 22.6. The first-order valence-electron chi connectivity index (χ1n) is 13.8. The van der Waals surface area contributed by atoms with Gasteiger partial charge in [0, 0.05) is 57.6 Å². The van der Waals surface area contributed by atoms with Crippen molar-refractivity contribution in [3.05, 3.63) is 54.4 Å². The molecule has 3 heterocycles. The minimum atomic E-state index is -3.51. The van der Waals surface area contributed by atoms with E-state index in [1.807, 2.05) is 6.07 Å². The minimum Gasteiger partial charge on any atom is -0.497 e. The number of sulfonamides is 1. The van der Waals surface area contributed by atoms with Crippen LogP contribution in [0.4, 0.5) is 5.82 Å². The van der Waals surface area contributed by atoms with Crippen LogP contribution in [-0.2, 0) is 16.4 Å². The second-order valence-electron chi connectivity index (χ2n) is 10.4. The molecule has 2 fully saturated rings. The van der Waals surface area contributed by atoms with Crippen molar-refractivity contribution in [1.29, 1.82) is 0 Å². The molecule has 8 nitrogen and oxygen atoms in total. The van der Waals surface area contributed by atoms with Crippen LogP contribution in [0.5, 0.6) is 5.75 Å². The number of nitrogens with zero attached hydrogens (tertiary/aromatic N) is 5. The van der Waals surface area contributed by atoms with Crippen molar-refractivity contribution >= 4 is 26.7 Å². The van der Waals surface area contributed by atoms with E-state index in [1.54, 1.807) is 35.7 Å². The Balaban J connectivity index is 1.21. The molecular weight excluding hydrogens is 498 g/mol. The van der Waals surface area contributed by atoms with Gasteiger partial charge in [0.2, 0.25) is 10.0 Å². The number of methoxy groups -OCH3 is 1. The number of anilines is 1. The SMILES string of the molecule is CCCC1CCN(c2nc(CCN3CCN(S(=O)(=O)c4ccc(OC)cc4)CC3)nc3ccccc23)CC1. The average molecular weight is 538 g/mol. The van der Waals surface area contributed by atoms with E-state index in [4.69, 9.17) is 14.7 Å². The first-order valence-corrected chi connectivity index (χ1v) is 15.3. The first kappa shape index (κ1) is 26.8. The van der Waals surface area contributed by atoms with Crippen molar-refractivity contribution < 1.29 is 13.2 Å². The predicted octanol–water partition coefficient (Wildman–Crippen LogP) is 4.20. The number of rotatable bonds is 9. The molecule has 0 unspecified atom stereocenters. The van der Waals surface area contributed by atoms with Crippen LogP contribution >= 0.6 is 0 Å². The average Bonchev–Trinajstić information content (AvgIpc) is 2.96. The fourth-order valence-electron chi connectivity index (χ4n) is 5.65. The molecule has 204 valence electrons. The van der Waals surface area contributed by atoms with Gasteiger partial charge in [-0.1, -0.05) is 31.9 Å². The summed E-state index contributed by atoms with van der Waals surface area (Å²) in [4.78, 5) is 15.0. The van der Waals surface area contributed by atoms with Gasteiger partial charge < -0.3 is 14.5 Å². The molecule has 0 radical (unpaired) electrons. The zero-order valence-corrected chi connectivity index (χ0v) is 23.4. The maximum Gasteiger partial charge on any atom is 0.243 e. The summed E-state index contributed by atoms with van der Waals surface area (Å²) in [5.41, 5.74) is 0.999. The lowest BCUT2D eigenvalue weighted by Gasteiger charge is -2.34. The summed E-state index contributed by atoms with van der Waals surface area (Å²) in [6, 6.07) is 14.9. The summed E-state index contributed by atoms with van der Waals surface area (Å²) in [6.45, 7) is 7.53. The van der Waals surface area contributed by atoms with Gasteiger partial charge in [0.1, 0.15) is 17.4 Å². The monoisotopic (exact) mass is 537 g/mol. The van der Waals surface area contributed by atoms with Gasteiger partial charge in [0.25, 0.3) is 0 Å². The lowest BCUT2D eigenvalue weighted by Crippen LogP contribution is -2.49. The van der Waals surface area contributed by atoms with Crippen LogP contribution in [-0.4, -0.2) is 80.5 Å². The van der Waals surface area contributed by atoms with Crippen molar-refractivity contribution in [2.24, 2.45) is 5.92 Å². The largest absolute Gasteiger partial charge is 0.497 e. The molecule has 0 aliphatic carbocycles. The number of hydrogen-bond acceptors (Lipinski definition) is 7. The number of piperazine rings is 1. The molecule has 2 aliphatic rings. The number of hydrogen-bond donors (Lipinski definition) is 0. The molecule has 9 heteroatoms. The number of benzene rings is 2. The van der Waals surface area contributed by atoms with E-state index in [0.717, 1.165) is 54.5 Å². The third-order valence-electron chi connectivity index (χ3n) is 7.92. The van der Waals surface area contributed by atoms with Crippen molar-refractivity contribution in [3.63, 3.8) is 0 Å². The third-order valence-corrected chi connectivity index (χ3v) is 9.83. The number of ether oxygens (including phenoxy) is 1. The van der Waals surface area contributed by atoms with Crippen LogP contribution < -0.4 is 9.64 Å². The predicted molar refractivity (Wildman–Crippen MR) is 151 cm³/mol. The maximum absolute atomic E-state index is 13.1. The van der Waals surface area contributed by atoms with Gasteiger partial charge in [-0.05, 0) is 55.2 Å². The molecular formula is C29H39N5O3S. The Morgan fingerprint density at radius 2 is 1.63 bits per heavy atom. The van der Waals surface area contributed by atoms with Crippen molar-refractivity contribution in [1.82, 2.24) is 19.2 Å². The number of para-hydroxylation sites is 1. The quantitative estimate of drug-likeness (QED) is 0.405. The highest BCUT2D eigenvalue weighted by Crippen LogP contribution is 2.30. The van der Waals surface area contributed by atoms with Gasteiger partial charge in [0.05, 0.1) is 17.5 Å². The first-order chi connectivity index (χ1) is 18.5. The second kappa shape index (κ2) is 12.0. The Morgan fingerprint density at radius 3 is 2.32 bits per heavy atom. The van der Waals surface area contributed by atoms with E-state index in [-0.39, 0.29) is 0 Å². The van der Waals surface area contributed by atoms with E-state index in [0.29, 0.717) is 36.8 Å². The Hall–Kier alpha value is -2.75. The minimum absolute atomic E-state index is 0.308. The topological polar surface area (TPSA) is 78.9 Å². The summed E-state index contributed by atoms with van der Waals surface area (Å²) in [6.07, 6.45) is 5.77. The highest BCUT2D eigenvalue weighted by atomic mass is 32.2. The van der Waals surface area contributed by atoms with Crippen molar-refractivity contribution in [2.75, 3.05) is 57.8 Å². The molecule has 2 aromatic carbocycles. The zero-order chi connectivity index (χ0) is 26.5. The summed E-state index contributed by atoms with van der Waals surface area (Å²) < 4.78 is 32.9. The Morgan fingerprint density at radius 1 is 0.921 bits per heavy atom. The highest BCUT2D eigenvalue weighted by molar-refractivity contribution is 7.89. The molecule has 2 saturated heterocycles. The van der Waals surface area contributed by atoms with E-state index < -0.39 is 10.0 Å². The molecule has 0 spiro atoms. The molecule has 0 amide bonds. The maximum atomic E-state index is 13.1. The molecule has 0 N–H and O–H groups in total. The Labute approximate surface area is 226 Å². The van der Waals surface area contributed by atoms with Crippen LogP contribution in [0.3, 0.4) is 0 Å². The van der Waals surface area contributed by atoms with E-state index in [1.165, 1.54) is 25.7 Å². The molecule has 0 bridgehead atoms. The molecule has 38 heavy (non-hydrogen) atoms. The normalized spacial score (nSPS) is 18.2. The van der Waals surface area contributed by atoms with Gasteiger partial charge in [-0.3, -0.25) is 0 Å². The van der Waals surface area contributed by atoms with Crippen LogP contribution in [0.2, 0.25) is 0 Å². The van der Waals surface area contributed by atoms with Gasteiger partial charge >= 0.3 is 0 Å². The number of piperidine rings is 1. The van der Waals surface area contributed by atoms with E-state index in [2.05, 4.69) is 34.9 Å². The van der Waals surface area contributed by atoms with Crippen molar-refractivity contribution in [3.8, 4) is 5.75 Å². The standard InChI is InChI=1S/C29H39N5O3S/c1-3-6-23-13-17-33(18-14-23)29-26-7-4-5-8-27(26)30-28(31-29)15-16-32-19-21-34(22-20-32)38(35,36)25-11-9-24(37-2)10-12-25/h4-5,7-12,23H,3,6,13-22H2,1-2H3. The smallest absolute Gasteiger partial charge is 0.243 e. The Kier molecular flexibility index (Phi) is 8.45. The summed E-state index contributed by atoms with van der Waals surface area (Å²) in [5, 5.41) is 1.13. The number of fused-ring (bicyclic) bond motifs is 1. The lowest BCUT2D eigenvalue weighted by atomic mass is 9.92. The van der Waals surface area contributed by atoms with Crippen LogP contribution in [0.25, 0.3) is 10.9 Å². The molecule has 1 aromatic heterocycles. The molecule has 5 rings (SSSR count).